The van der Waals surface area contributed by atoms with Gasteiger partial charge in [0.15, 0.2) is 0 Å². The average molecular weight is 275 g/mol. The van der Waals surface area contributed by atoms with E-state index < -0.39 is 0 Å². The Bertz CT molecular complexity index is 643. The number of aromatic amines is 1. The first-order valence-electron chi connectivity index (χ1n) is 6.76. The topological polar surface area (TPSA) is 75.6 Å². The molecule has 2 aromatic heterocycles. The van der Waals surface area contributed by atoms with Gasteiger partial charge in [0.2, 0.25) is 0 Å². The molecule has 0 aliphatic rings. The van der Waals surface area contributed by atoms with Gasteiger partial charge in [-0.2, -0.15) is 0 Å². The monoisotopic (exact) mass is 275 g/mol. The van der Waals surface area contributed by atoms with Crippen molar-refractivity contribution in [3.05, 3.63) is 45.7 Å². The van der Waals surface area contributed by atoms with E-state index in [-0.39, 0.29) is 11.6 Å². The van der Waals surface area contributed by atoms with Gasteiger partial charge in [0.1, 0.15) is 11.6 Å². The van der Waals surface area contributed by atoms with Crippen molar-refractivity contribution in [3.63, 3.8) is 0 Å². The predicted octanol–water partition coefficient (Wildman–Crippen LogP) is 1.01. The van der Waals surface area contributed by atoms with Crippen molar-refractivity contribution in [2.24, 2.45) is 7.05 Å². The van der Waals surface area contributed by atoms with Gasteiger partial charge >= 0.3 is 0 Å². The Kier molecular flexibility index (Phi) is 4.34. The number of hydrogen-bond acceptors (Lipinski definition) is 4. The first-order valence-corrected chi connectivity index (χ1v) is 6.76. The molecule has 108 valence electrons. The van der Waals surface area contributed by atoms with Gasteiger partial charge in [-0.05, 0) is 20.8 Å². The van der Waals surface area contributed by atoms with E-state index in [1.807, 2.05) is 31.7 Å². The van der Waals surface area contributed by atoms with Crippen LogP contribution in [0.4, 0.5) is 0 Å². The molecule has 0 spiro atoms. The summed E-state index contributed by atoms with van der Waals surface area (Å²) in [5, 5.41) is 3.35. The fraction of sp³-hybridized carbons (Fsp3) is 0.500. The van der Waals surface area contributed by atoms with E-state index in [1.54, 1.807) is 13.1 Å². The highest BCUT2D eigenvalue weighted by Crippen LogP contribution is 2.10. The lowest BCUT2D eigenvalue weighted by molar-refractivity contribution is 0.555. The maximum Gasteiger partial charge on any atom is 0.255 e. The van der Waals surface area contributed by atoms with Gasteiger partial charge in [-0.15, -0.1) is 0 Å². The molecule has 0 saturated heterocycles. The van der Waals surface area contributed by atoms with Crippen LogP contribution < -0.4 is 10.9 Å². The molecule has 0 aromatic carbocycles. The number of H-pyrrole nitrogens is 1. The van der Waals surface area contributed by atoms with Gasteiger partial charge in [-0.3, -0.25) is 4.79 Å². The summed E-state index contributed by atoms with van der Waals surface area (Å²) in [6.07, 6.45) is 4.54. The Hall–Kier alpha value is -1.95. The highest BCUT2D eigenvalue weighted by molar-refractivity contribution is 5.20. The highest BCUT2D eigenvalue weighted by atomic mass is 16.1. The maximum absolute atomic E-state index is 12.0. The van der Waals surface area contributed by atoms with Crippen molar-refractivity contribution in [2.75, 3.05) is 6.54 Å². The third-order valence-electron chi connectivity index (χ3n) is 3.42. The summed E-state index contributed by atoms with van der Waals surface area (Å²) in [7, 11) is 1.98. The van der Waals surface area contributed by atoms with Crippen LogP contribution in [0.1, 0.15) is 35.9 Å². The molecule has 20 heavy (non-hydrogen) atoms. The number of nitrogens with one attached hydrogen (secondary N) is 2. The first kappa shape index (κ1) is 14.5. The van der Waals surface area contributed by atoms with Crippen LogP contribution in [-0.2, 0) is 13.5 Å². The minimum atomic E-state index is -0.0630. The molecule has 0 saturated carbocycles. The summed E-state index contributed by atoms with van der Waals surface area (Å²) in [5.74, 6) is 1.67. The fourth-order valence-corrected chi connectivity index (χ4v) is 2.39. The van der Waals surface area contributed by atoms with E-state index in [2.05, 4.69) is 20.3 Å². The van der Waals surface area contributed by atoms with Crippen LogP contribution in [0.5, 0.6) is 0 Å². The Morgan fingerprint density at radius 1 is 1.45 bits per heavy atom. The van der Waals surface area contributed by atoms with Crippen molar-refractivity contribution in [1.29, 1.82) is 0 Å². The number of aromatic nitrogens is 4. The molecular weight excluding hydrogens is 254 g/mol. The van der Waals surface area contributed by atoms with E-state index in [4.69, 9.17) is 0 Å². The van der Waals surface area contributed by atoms with E-state index in [0.29, 0.717) is 11.4 Å². The number of aryl methyl sites for hydroxylation is 3. The smallest absolute Gasteiger partial charge is 0.255 e. The predicted molar refractivity (Wildman–Crippen MR) is 77.7 cm³/mol. The first-order chi connectivity index (χ1) is 9.49. The average Bonchev–Trinajstić information content (AvgIpc) is 2.74. The van der Waals surface area contributed by atoms with Crippen LogP contribution in [0.2, 0.25) is 0 Å². The van der Waals surface area contributed by atoms with Crippen LogP contribution in [0, 0.1) is 13.8 Å². The largest absolute Gasteiger partial charge is 0.338 e. The van der Waals surface area contributed by atoms with E-state index in [9.17, 15) is 4.79 Å². The zero-order chi connectivity index (χ0) is 14.7. The van der Waals surface area contributed by atoms with Crippen LogP contribution in [0.25, 0.3) is 0 Å². The van der Waals surface area contributed by atoms with E-state index in [1.165, 1.54) is 0 Å². The normalized spacial score (nSPS) is 12.6. The van der Waals surface area contributed by atoms with E-state index in [0.717, 1.165) is 24.5 Å². The van der Waals surface area contributed by atoms with Crippen LogP contribution in [-0.4, -0.2) is 26.1 Å². The Morgan fingerprint density at radius 3 is 2.80 bits per heavy atom. The summed E-state index contributed by atoms with van der Waals surface area (Å²) >= 11 is 0. The zero-order valence-corrected chi connectivity index (χ0v) is 12.4. The molecule has 2 rings (SSSR count). The second kappa shape index (κ2) is 6.00. The van der Waals surface area contributed by atoms with E-state index >= 15 is 0 Å². The molecule has 2 heterocycles. The fourth-order valence-electron chi connectivity index (χ4n) is 2.39. The van der Waals surface area contributed by atoms with Crippen molar-refractivity contribution in [1.82, 2.24) is 24.8 Å². The molecule has 0 aliphatic heterocycles. The van der Waals surface area contributed by atoms with Crippen molar-refractivity contribution >= 4 is 0 Å². The maximum atomic E-state index is 12.0. The Morgan fingerprint density at radius 2 is 2.20 bits per heavy atom. The summed E-state index contributed by atoms with van der Waals surface area (Å²) in [4.78, 5) is 23.3. The lowest BCUT2D eigenvalue weighted by atomic mass is 10.1. The van der Waals surface area contributed by atoms with Crippen LogP contribution in [0.3, 0.4) is 0 Å². The summed E-state index contributed by atoms with van der Waals surface area (Å²) in [6, 6.07) is -0.0351. The van der Waals surface area contributed by atoms with Crippen LogP contribution in [0.15, 0.2) is 17.2 Å². The van der Waals surface area contributed by atoms with Gasteiger partial charge in [-0.25, -0.2) is 9.97 Å². The standard InChI is InChI=1S/C14H21N5O/c1-9(13-10(2)17-11(3)18-14(13)20)15-6-5-12-16-7-8-19(12)4/h7-9,15H,5-6H2,1-4H3,(H,17,18,20). The van der Waals surface area contributed by atoms with Crippen LogP contribution >= 0.6 is 0 Å². The SMILES string of the molecule is Cc1nc(C)c(C(C)NCCc2nccn2C)c(=O)[nH]1. The molecule has 1 atom stereocenters. The molecule has 6 heteroatoms. The second-order valence-electron chi connectivity index (χ2n) is 5.03. The minimum absolute atomic E-state index is 0.0351. The number of hydrogen-bond donors (Lipinski definition) is 2. The van der Waals surface area contributed by atoms with Gasteiger partial charge in [0.25, 0.3) is 5.56 Å². The molecule has 1 unspecified atom stereocenters. The zero-order valence-electron chi connectivity index (χ0n) is 12.4. The lowest BCUT2D eigenvalue weighted by Crippen LogP contribution is -2.29. The molecule has 0 radical (unpaired) electrons. The van der Waals surface area contributed by atoms with Gasteiger partial charge in [0.05, 0.1) is 5.56 Å². The van der Waals surface area contributed by atoms with Gasteiger partial charge < -0.3 is 14.9 Å². The molecule has 2 aromatic rings. The summed E-state index contributed by atoms with van der Waals surface area (Å²) < 4.78 is 2.00. The highest BCUT2D eigenvalue weighted by Gasteiger charge is 2.14. The summed E-state index contributed by atoms with van der Waals surface area (Å²) in [6.45, 7) is 6.40. The van der Waals surface area contributed by atoms with Gasteiger partial charge in [0, 0.05) is 44.1 Å². The summed E-state index contributed by atoms with van der Waals surface area (Å²) in [5.41, 5.74) is 1.42. The van der Waals surface area contributed by atoms with Crippen molar-refractivity contribution in [2.45, 2.75) is 33.2 Å². The Balaban J connectivity index is 2.01. The third kappa shape index (κ3) is 3.14. The molecule has 0 aliphatic carbocycles. The van der Waals surface area contributed by atoms with Gasteiger partial charge in [-0.1, -0.05) is 0 Å². The molecule has 6 nitrogen and oxygen atoms in total. The number of rotatable bonds is 5. The molecular formula is C14H21N5O. The number of nitrogens with zero attached hydrogens (tertiary/aromatic N) is 3. The molecule has 2 N–H and O–H groups in total. The molecule has 0 bridgehead atoms. The molecule has 0 fully saturated rings. The Labute approximate surface area is 118 Å². The lowest BCUT2D eigenvalue weighted by Gasteiger charge is -2.15. The molecule has 0 amide bonds. The quantitative estimate of drug-likeness (QED) is 0.854. The van der Waals surface area contributed by atoms with Crippen molar-refractivity contribution in [3.8, 4) is 0 Å². The second-order valence-corrected chi connectivity index (χ2v) is 5.03. The number of imidazole rings is 1. The minimum Gasteiger partial charge on any atom is -0.338 e. The third-order valence-corrected chi connectivity index (χ3v) is 3.42. The van der Waals surface area contributed by atoms with Crippen molar-refractivity contribution < 1.29 is 0 Å².